The second-order valence-corrected chi connectivity index (χ2v) is 6.30. The SMILES string of the molecule is CC(C)(C)Sc1ccnc(C(N)=S)c1. The van der Waals surface area contributed by atoms with Crippen molar-refractivity contribution in [1.29, 1.82) is 0 Å². The molecule has 0 unspecified atom stereocenters. The minimum atomic E-state index is 0.189. The van der Waals surface area contributed by atoms with Gasteiger partial charge in [-0.25, -0.2) is 0 Å². The van der Waals surface area contributed by atoms with Crippen LogP contribution in [0.5, 0.6) is 0 Å². The zero-order valence-corrected chi connectivity index (χ0v) is 10.2. The van der Waals surface area contributed by atoms with Crippen LogP contribution in [0.25, 0.3) is 0 Å². The first-order valence-electron chi connectivity index (χ1n) is 4.33. The molecule has 0 saturated carbocycles. The predicted octanol–water partition coefficient (Wildman–Crippen LogP) is 2.61. The Morgan fingerprint density at radius 2 is 2.14 bits per heavy atom. The second-order valence-electron chi connectivity index (χ2n) is 3.96. The molecule has 0 aliphatic carbocycles. The van der Waals surface area contributed by atoms with E-state index >= 15 is 0 Å². The van der Waals surface area contributed by atoms with Gasteiger partial charge in [-0.05, 0) is 12.1 Å². The van der Waals surface area contributed by atoms with Crippen molar-refractivity contribution in [2.45, 2.75) is 30.4 Å². The fourth-order valence-corrected chi connectivity index (χ4v) is 2.08. The number of rotatable bonds is 2. The molecule has 0 amide bonds. The van der Waals surface area contributed by atoms with Crippen molar-refractivity contribution in [2.75, 3.05) is 0 Å². The van der Waals surface area contributed by atoms with E-state index in [9.17, 15) is 0 Å². The average molecular weight is 226 g/mol. The number of pyridine rings is 1. The minimum absolute atomic E-state index is 0.189. The summed E-state index contributed by atoms with van der Waals surface area (Å²) in [6, 6.07) is 3.90. The molecule has 1 aromatic rings. The molecule has 2 N–H and O–H groups in total. The van der Waals surface area contributed by atoms with Gasteiger partial charge >= 0.3 is 0 Å². The molecule has 0 aliphatic heterocycles. The van der Waals surface area contributed by atoms with E-state index in [1.807, 2.05) is 12.1 Å². The molecule has 4 heteroatoms. The summed E-state index contributed by atoms with van der Waals surface area (Å²) in [6.07, 6.45) is 1.74. The van der Waals surface area contributed by atoms with Gasteiger partial charge in [0.05, 0.1) is 5.69 Å². The van der Waals surface area contributed by atoms with Crippen LogP contribution in [0, 0.1) is 0 Å². The minimum Gasteiger partial charge on any atom is -0.388 e. The molecule has 1 heterocycles. The highest BCUT2D eigenvalue weighted by Crippen LogP contribution is 2.31. The van der Waals surface area contributed by atoms with E-state index in [2.05, 4.69) is 25.8 Å². The van der Waals surface area contributed by atoms with Crippen LogP contribution in [0.4, 0.5) is 0 Å². The van der Waals surface area contributed by atoms with E-state index in [0.717, 1.165) is 4.90 Å². The highest BCUT2D eigenvalue weighted by molar-refractivity contribution is 8.00. The Balaban J connectivity index is 2.89. The van der Waals surface area contributed by atoms with Crippen LogP contribution < -0.4 is 5.73 Å². The maximum Gasteiger partial charge on any atom is 0.122 e. The van der Waals surface area contributed by atoms with Gasteiger partial charge in [-0.1, -0.05) is 33.0 Å². The Labute approximate surface area is 94.3 Å². The maximum absolute atomic E-state index is 5.51. The van der Waals surface area contributed by atoms with Crippen LogP contribution >= 0.6 is 24.0 Å². The summed E-state index contributed by atoms with van der Waals surface area (Å²) in [6.45, 7) is 6.50. The molecule has 1 aromatic heterocycles. The van der Waals surface area contributed by atoms with Gasteiger partial charge in [-0.3, -0.25) is 4.98 Å². The number of nitrogens with zero attached hydrogens (tertiary/aromatic N) is 1. The Morgan fingerprint density at radius 1 is 1.50 bits per heavy atom. The lowest BCUT2D eigenvalue weighted by Crippen LogP contribution is -2.12. The number of nitrogens with two attached hydrogens (primary N) is 1. The van der Waals surface area contributed by atoms with Gasteiger partial charge in [0.1, 0.15) is 4.99 Å². The average Bonchev–Trinajstić information content (AvgIpc) is 2.01. The second kappa shape index (κ2) is 4.28. The number of hydrogen-bond acceptors (Lipinski definition) is 3. The molecular formula is C10H14N2S2. The van der Waals surface area contributed by atoms with Gasteiger partial charge in [0.15, 0.2) is 0 Å². The molecule has 14 heavy (non-hydrogen) atoms. The third-order valence-corrected chi connectivity index (χ3v) is 2.72. The van der Waals surface area contributed by atoms with Crippen LogP contribution in [-0.4, -0.2) is 14.7 Å². The predicted molar refractivity (Wildman–Crippen MR) is 65.7 cm³/mol. The van der Waals surface area contributed by atoms with Crippen LogP contribution in [0.1, 0.15) is 26.5 Å². The van der Waals surface area contributed by atoms with E-state index in [1.165, 1.54) is 0 Å². The largest absolute Gasteiger partial charge is 0.388 e. The van der Waals surface area contributed by atoms with Crippen molar-refractivity contribution < 1.29 is 0 Å². The summed E-state index contributed by atoms with van der Waals surface area (Å²) in [5.41, 5.74) is 6.20. The molecule has 0 saturated heterocycles. The topological polar surface area (TPSA) is 38.9 Å². The molecule has 0 bridgehead atoms. The maximum atomic E-state index is 5.51. The molecule has 0 fully saturated rings. The highest BCUT2D eigenvalue weighted by Gasteiger charge is 2.12. The van der Waals surface area contributed by atoms with Crippen molar-refractivity contribution in [3.8, 4) is 0 Å². The Morgan fingerprint density at radius 3 is 2.64 bits per heavy atom. The first-order chi connectivity index (χ1) is 6.38. The van der Waals surface area contributed by atoms with E-state index in [-0.39, 0.29) is 4.75 Å². The lowest BCUT2D eigenvalue weighted by molar-refractivity contribution is 0.802. The quantitative estimate of drug-likeness (QED) is 0.621. The zero-order chi connectivity index (χ0) is 10.8. The van der Waals surface area contributed by atoms with Crippen LogP contribution in [0.3, 0.4) is 0 Å². The fourth-order valence-electron chi connectivity index (χ4n) is 0.963. The standard InChI is InChI=1S/C10H14N2S2/c1-10(2,3)14-7-4-5-12-8(6-7)9(11)13/h4-6H,1-3H3,(H2,11,13). The zero-order valence-electron chi connectivity index (χ0n) is 8.57. The highest BCUT2D eigenvalue weighted by atomic mass is 32.2. The monoisotopic (exact) mass is 226 g/mol. The Kier molecular flexibility index (Phi) is 3.50. The molecule has 76 valence electrons. The number of aromatic nitrogens is 1. The van der Waals surface area contributed by atoms with E-state index in [1.54, 1.807) is 18.0 Å². The molecule has 0 spiro atoms. The first-order valence-corrected chi connectivity index (χ1v) is 5.56. The van der Waals surface area contributed by atoms with E-state index < -0.39 is 0 Å². The van der Waals surface area contributed by atoms with Gasteiger partial charge in [-0.15, -0.1) is 11.8 Å². The van der Waals surface area contributed by atoms with E-state index in [4.69, 9.17) is 18.0 Å². The van der Waals surface area contributed by atoms with Crippen molar-refractivity contribution >= 4 is 29.0 Å². The van der Waals surface area contributed by atoms with Crippen molar-refractivity contribution in [3.63, 3.8) is 0 Å². The van der Waals surface area contributed by atoms with E-state index in [0.29, 0.717) is 10.7 Å². The lowest BCUT2D eigenvalue weighted by atomic mass is 10.3. The summed E-state index contributed by atoms with van der Waals surface area (Å²) < 4.78 is 0.189. The summed E-state index contributed by atoms with van der Waals surface area (Å²) in [5.74, 6) is 0. The normalized spacial score (nSPS) is 11.4. The molecule has 2 nitrogen and oxygen atoms in total. The Bertz CT molecular complexity index is 342. The molecule has 0 aliphatic rings. The van der Waals surface area contributed by atoms with Gasteiger partial charge in [0.2, 0.25) is 0 Å². The van der Waals surface area contributed by atoms with Gasteiger partial charge in [0.25, 0.3) is 0 Å². The van der Waals surface area contributed by atoms with Gasteiger partial charge in [-0.2, -0.15) is 0 Å². The number of thioether (sulfide) groups is 1. The van der Waals surface area contributed by atoms with Crippen LogP contribution in [0.2, 0.25) is 0 Å². The number of hydrogen-bond donors (Lipinski definition) is 1. The van der Waals surface area contributed by atoms with Crippen molar-refractivity contribution in [1.82, 2.24) is 4.98 Å². The molecule has 1 rings (SSSR count). The molecule has 0 aromatic carbocycles. The summed E-state index contributed by atoms with van der Waals surface area (Å²) >= 11 is 6.65. The van der Waals surface area contributed by atoms with Crippen LogP contribution in [-0.2, 0) is 0 Å². The van der Waals surface area contributed by atoms with Crippen LogP contribution in [0.15, 0.2) is 23.2 Å². The molecule has 0 radical (unpaired) electrons. The van der Waals surface area contributed by atoms with Crippen molar-refractivity contribution in [3.05, 3.63) is 24.0 Å². The fraction of sp³-hybridized carbons (Fsp3) is 0.400. The summed E-state index contributed by atoms with van der Waals surface area (Å²) in [5, 5.41) is 0. The van der Waals surface area contributed by atoms with Crippen molar-refractivity contribution in [2.24, 2.45) is 5.73 Å². The Hall–Kier alpha value is -0.610. The number of thiocarbonyl (C=S) groups is 1. The smallest absolute Gasteiger partial charge is 0.122 e. The third-order valence-electron chi connectivity index (χ3n) is 1.41. The third kappa shape index (κ3) is 3.64. The lowest BCUT2D eigenvalue weighted by Gasteiger charge is -2.17. The first kappa shape index (κ1) is 11.5. The van der Waals surface area contributed by atoms with Gasteiger partial charge < -0.3 is 5.73 Å². The summed E-state index contributed by atoms with van der Waals surface area (Å²) in [7, 11) is 0. The molecular weight excluding hydrogens is 212 g/mol. The molecule has 0 atom stereocenters. The summed E-state index contributed by atoms with van der Waals surface area (Å²) in [4.78, 5) is 5.59. The van der Waals surface area contributed by atoms with Gasteiger partial charge in [0, 0.05) is 15.8 Å².